The molecule has 0 aliphatic rings. The van der Waals surface area contributed by atoms with Gasteiger partial charge >= 0.3 is 5.97 Å². The van der Waals surface area contributed by atoms with Crippen molar-refractivity contribution in [1.29, 1.82) is 0 Å². The summed E-state index contributed by atoms with van der Waals surface area (Å²) in [4.78, 5) is 11.8. The Labute approximate surface area is 133 Å². The fourth-order valence-electron chi connectivity index (χ4n) is 2.20. The summed E-state index contributed by atoms with van der Waals surface area (Å²) in [7, 11) is 0. The molecule has 0 unspecified atom stereocenters. The van der Waals surface area contributed by atoms with Gasteiger partial charge in [-0.25, -0.2) is 4.39 Å². The zero-order valence-corrected chi connectivity index (χ0v) is 12.4. The molecule has 0 aromatic heterocycles. The van der Waals surface area contributed by atoms with E-state index in [2.05, 4.69) is 0 Å². The van der Waals surface area contributed by atoms with E-state index < -0.39 is 0 Å². The van der Waals surface area contributed by atoms with Crippen molar-refractivity contribution in [1.82, 2.24) is 0 Å². The third-order valence-electron chi connectivity index (χ3n) is 3.34. The lowest BCUT2D eigenvalue weighted by Crippen LogP contribution is -2.12. The number of hydrogen-bond donors (Lipinski definition) is 0. The number of ether oxygens (including phenoxy) is 2. The minimum absolute atomic E-state index is 0.115. The maximum atomic E-state index is 12.8. The van der Waals surface area contributed by atoms with Crippen LogP contribution in [0.4, 0.5) is 4.39 Å². The Bertz CT molecular complexity index is 812. The van der Waals surface area contributed by atoms with E-state index >= 15 is 0 Å². The van der Waals surface area contributed by atoms with Crippen LogP contribution in [0, 0.1) is 5.82 Å². The zero-order valence-electron chi connectivity index (χ0n) is 12.4. The van der Waals surface area contributed by atoms with Crippen molar-refractivity contribution in [3.63, 3.8) is 0 Å². The summed E-state index contributed by atoms with van der Waals surface area (Å²) < 4.78 is 23.4. The minimum atomic E-state index is -0.373. The molecule has 0 atom stereocenters. The third-order valence-corrected chi connectivity index (χ3v) is 3.34. The molecule has 3 nitrogen and oxygen atoms in total. The Kier molecular flexibility index (Phi) is 4.52. The molecule has 0 aliphatic heterocycles. The van der Waals surface area contributed by atoms with Crippen LogP contribution in [0.5, 0.6) is 11.5 Å². The van der Waals surface area contributed by atoms with Gasteiger partial charge in [0.2, 0.25) is 0 Å². The van der Waals surface area contributed by atoms with E-state index in [1.54, 1.807) is 6.07 Å². The van der Waals surface area contributed by atoms with Gasteiger partial charge in [-0.15, -0.1) is 0 Å². The second kappa shape index (κ2) is 6.92. The molecule has 116 valence electrons. The molecule has 0 radical (unpaired) electrons. The van der Waals surface area contributed by atoms with Gasteiger partial charge in [-0.2, -0.15) is 0 Å². The number of carbonyl (C=O) groups excluding carboxylic acids is 1. The highest BCUT2D eigenvalue weighted by atomic mass is 19.1. The second-order valence-corrected chi connectivity index (χ2v) is 5.04. The first-order valence-electron chi connectivity index (χ1n) is 7.28. The molecule has 0 heterocycles. The van der Waals surface area contributed by atoms with E-state index in [0.29, 0.717) is 11.5 Å². The van der Waals surface area contributed by atoms with E-state index in [0.717, 1.165) is 10.8 Å². The highest BCUT2D eigenvalue weighted by molar-refractivity contribution is 5.84. The van der Waals surface area contributed by atoms with Crippen molar-refractivity contribution in [2.24, 2.45) is 0 Å². The highest BCUT2D eigenvalue weighted by Crippen LogP contribution is 2.21. The zero-order chi connectivity index (χ0) is 16.1. The third kappa shape index (κ3) is 4.07. The number of fused-ring (bicyclic) bond motifs is 1. The fraction of sp³-hybridized carbons (Fsp3) is 0.105. The van der Waals surface area contributed by atoms with Crippen LogP contribution in [0.25, 0.3) is 10.8 Å². The maximum Gasteiger partial charge on any atom is 0.314 e. The van der Waals surface area contributed by atoms with Crippen LogP contribution < -0.4 is 9.47 Å². The topological polar surface area (TPSA) is 35.5 Å². The van der Waals surface area contributed by atoms with E-state index in [9.17, 15) is 9.18 Å². The number of rotatable bonds is 5. The van der Waals surface area contributed by atoms with Crippen LogP contribution in [0.1, 0.15) is 6.42 Å². The lowest BCUT2D eigenvalue weighted by molar-refractivity contribution is -0.134. The van der Waals surface area contributed by atoms with Crippen LogP contribution in [0.2, 0.25) is 0 Å². The molecule has 3 aromatic carbocycles. The SMILES string of the molecule is O=C(CCOc1ccc(F)cc1)Oc1ccc2ccccc2c1. The largest absolute Gasteiger partial charge is 0.493 e. The molecular formula is C19H15FO3. The summed E-state index contributed by atoms with van der Waals surface area (Å²) in [5.74, 6) is 0.329. The minimum Gasteiger partial charge on any atom is -0.493 e. The van der Waals surface area contributed by atoms with Crippen LogP contribution in [0.15, 0.2) is 66.7 Å². The predicted molar refractivity (Wildman–Crippen MR) is 86.1 cm³/mol. The molecule has 0 saturated heterocycles. The Morgan fingerprint density at radius 3 is 2.35 bits per heavy atom. The lowest BCUT2D eigenvalue weighted by atomic mass is 10.1. The number of benzene rings is 3. The molecule has 0 fully saturated rings. The van der Waals surface area contributed by atoms with Crippen LogP contribution in [-0.4, -0.2) is 12.6 Å². The first-order valence-corrected chi connectivity index (χ1v) is 7.28. The molecule has 0 N–H and O–H groups in total. The van der Waals surface area contributed by atoms with Crippen molar-refractivity contribution in [2.45, 2.75) is 6.42 Å². The Morgan fingerprint density at radius 2 is 1.57 bits per heavy atom. The molecule has 3 rings (SSSR count). The van der Waals surface area contributed by atoms with E-state index in [1.807, 2.05) is 36.4 Å². The van der Waals surface area contributed by atoms with Gasteiger partial charge in [0.1, 0.15) is 17.3 Å². The number of carbonyl (C=O) groups is 1. The summed E-state index contributed by atoms with van der Waals surface area (Å²) >= 11 is 0. The molecule has 0 saturated carbocycles. The predicted octanol–water partition coefficient (Wildman–Crippen LogP) is 4.35. The summed E-state index contributed by atoms with van der Waals surface area (Å²) in [5.41, 5.74) is 0. The summed E-state index contributed by atoms with van der Waals surface area (Å²) in [6, 6.07) is 19.0. The summed E-state index contributed by atoms with van der Waals surface area (Å²) in [6.45, 7) is 0.179. The molecule has 3 aromatic rings. The average Bonchev–Trinajstić information content (AvgIpc) is 2.56. The molecule has 4 heteroatoms. The van der Waals surface area contributed by atoms with Gasteiger partial charge in [0.25, 0.3) is 0 Å². The van der Waals surface area contributed by atoms with Gasteiger partial charge in [-0.1, -0.05) is 30.3 Å². The van der Waals surface area contributed by atoms with Gasteiger partial charge in [0.15, 0.2) is 0 Å². The molecule has 0 aliphatic carbocycles. The van der Waals surface area contributed by atoms with Gasteiger partial charge in [-0.05, 0) is 47.2 Å². The Morgan fingerprint density at radius 1 is 0.870 bits per heavy atom. The van der Waals surface area contributed by atoms with Gasteiger partial charge in [0, 0.05) is 0 Å². The normalized spacial score (nSPS) is 10.5. The van der Waals surface area contributed by atoms with Crippen LogP contribution in [0.3, 0.4) is 0 Å². The highest BCUT2D eigenvalue weighted by Gasteiger charge is 2.06. The second-order valence-electron chi connectivity index (χ2n) is 5.04. The maximum absolute atomic E-state index is 12.8. The lowest BCUT2D eigenvalue weighted by Gasteiger charge is -2.07. The van der Waals surface area contributed by atoms with Gasteiger partial charge < -0.3 is 9.47 Å². The Balaban J connectivity index is 1.53. The summed E-state index contributed by atoms with van der Waals surface area (Å²) in [5, 5.41) is 2.10. The van der Waals surface area contributed by atoms with Crippen molar-refractivity contribution in [3.05, 3.63) is 72.5 Å². The molecule has 23 heavy (non-hydrogen) atoms. The molecule has 0 amide bonds. The summed E-state index contributed by atoms with van der Waals surface area (Å²) in [6.07, 6.45) is 0.115. The smallest absolute Gasteiger partial charge is 0.314 e. The quantitative estimate of drug-likeness (QED) is 0.519. The first-order chi connectivity index (χ1) is 11.2. The van der Waals surface area contributed by atoms with Gasteiger partial charge in [0.05, 0.1) is 13.0 Å². The number of halogens is 1. The molecular weight excluding hydrogens is 295 g/mol. The van der Waals surface area contributed by atoms with Crippen LogP contribution >= 0.6 is 0 Å². The van der Waals surface area contributed by atoms with E-state index in [4.69, 9.17) is 9.47 Å². The van der Waals surface area contributed by atoms with E-state index in [-0.39, 0.29) is 24.8 Å². The molecule has 0 spiro atoms. The van der Waals surface area contributed by atoms with Gasteiger partial charge in [-0.3, -0.25) is 4.79 Å². The van der Waals surface area contributed by atoms with Crippen LogP contribution in [-0.2, 0) is 4.79 Å². The van der Waals surface area contributed by atoms with Crippen molar-refractivity contribution >= 4 is 16.7 Å². The Hall–Kier alpha value is -2.88. The number of esters is 1. The standard InChI is InChI=1S/C19H15FO3/c20-16-6-9-17(10-7-16)22-12-11-19(21)23-18-8-5-14-3-1-2-4-15(14)13-18/h1-10,13H,11-12H2. The van der Waals surface area contributed by atoms with Crippen molar-refractivity contribution in [2.75, 3.05) is 6.61 Å². The number of hydrogen-bond acceptors (Lipinski definition) is 3. The first kappa shape index (κ1) is 15.0. The average molecular weight is 310 g/mol. The monoisotopic (exact) mass is 310 g/mol. The van der Waals surface area contributed by atoms with Crippen molar-refractivity contribution < 1.29 is 18.7 Å². The van der Waals surface area contributed by atoms with Crippen molar-refractivity contribution in [3.8, 4) is 11.5 Å². The van der Waals surface area contributed by atoms with E-state index in [1.165, 1.54) is 24.3 Å². The molecule has 0 bridgehead atoms. The fourth-order valence-corrected chi connectivity index (χ4v) is 2.20.